The summed E-state index contributed by atoms with van der Waals surface area (Å²) in [6.45, 7) is 11.0. The van der Waals surface area contributed by atoms with Crippen LogP contribution < -0.4 is 12.4 Å². The predicted molar refractivity (Wildman–Crippen MR) is 104 cm³/mol. The van der Waals surface area contributed by atoms with Crippen LogP contribution in [0.3, 0.4) is 0 Å². The van der Waals surface area contributed by atoms with Crippen LogP contribution in [0.25, 0.3) is 0 Å². The maximum absolute atomic E-state index is 9.37. The molecule has 0 aliphatic carbocycles. The van der Waals surface area contributed by atoms with E-state index in [4.69, 9.17) is 5.11 Å². The molecule has 4 heteroatoms. The normalized spacial score (nSPS) is 10.5. The average Bonchev–Trinajstić information content (AvgIpc) is 2.54. The first-order valence-corrected chi connectivity index (χ1v) is 12.1. The quantitative estimate of drug-likeness (QED) is 0.503. The lowest BCUT2D eigenvalue weighted by Crippen LogP contribution is -3.00. The van der Waals surface area contributed by atoms with Crippen molar-refractivity contribution in [2.45, 2.75) is 92.4 Å². The molecule has 0 amide bonds. The fraction of sp³-hybridized carbons (Fsp3) is 0.947. The van der Waals surface area contributed by atoms with Gasteiger partial charge in [-0.3, -0.25) is 4.79 Å². The van der Waals surface area contributed by atoms with Gasteiger partial charge in [-0.2, -0.15) is 0 Å². The van der Waals surface area contributed by atoms with Crippen LogP contribution in [0.1, 0.15) is 92.4 Å². The van der Waals surface area contributed by atoms with Gasteiger partial charge in [0.15, 0.2) is 0 Å². The van der Waals surface area contributed by atoms with Gasteiger partial charge in [0.25, 0.3) is 0 Å². The molecule has 23 heavy (non-hydrogen) atoms. The second-order valence-electron chi connectivity index (χ2n) is 6.40. The minimum Gasteiger partial charge on any atom is -1.00 e. The molecule has 0 rings (SSSR count). The summed E-state index contributed by atoms with van der Waals surface area (Å²) in [4.78, 5) is 9.37. The number of carboxylic acid groups (broad SMARTS) is 1. The first kappa shape index (κ1) is 28.0. The average molecular weight is 369 g/mol. The lowest BCUT2D eigenvalue weighted by molar-refractivity contribution is -0.136. The van der Waals surface area contributed by atoms with Gasteiger partial charge in [0, 0.05) is 13.7 Å². The standard InChI is InChI=1S/C16H36P.C3H6O2.ClH/c1-5-9-13-17(14-10-6-2,15-11-7-3)16-12-8-4;1-2-3(4)5;/h5-16H2,1-4H3;2H2,1H3,(H,4,5);1H/q+1;;/p-1. The van der Waals surface area contributed by atoms with Crippen LogP contribution in [0.4, 0.5) is 0 Å². The molecule has 0 aliphatic rings. The highest BCUT2D eigenvalue weighted by Crippen LogP contribution is 2.61. The van der Waals surface area contributed by atoms with Crippen molar-refractivity contribution in [2.24, 2.45) is 0 Å². The summed E-state index contributed by atoms with van der Waals surface area (Å²) in [7, 11) is -0.562. The van der Waals surface area contributed by atoms with Crippen LogP contribution in [0.15, 0.2) is 0 Å². The molecule has 0 fully saturated rings. The minimum absolute atomic E-state index is 0. The predicted octanol–water partition coefficient (Wildman–Crippen LogP) is 3.69. The first-order chi connectivity index (χ1) is 10.5. The maximum Gasteiger partial charge on any atom is 0.303 e. The molecule has 0 aromatic carbocycles. The summed E-state index contributed by atoms with van der Waals surface area (Å²) in [6, 6.07) is 0. The lowest BCUT2D eigenvalue weighted by atomic mass is 10.4. The van der Waals surface area contributed by atoms with Crippen molar-refractivity contribution in [1.82, 2.24) is 0 Å². The van der Waals surface area contributed by atoms with Crippen molar-refractivity contribution in [2.75, 3.05) is 24.6 Å². The van der Waals surface area contributed by atoms with E-state index in [-0.39, 0.29) is 18.8 Å². The summed E-state index contributed by atoms with van der Waals surface area (Å²) in [5.74, 6) is -0.745. The van der Waals surface area contributed by atoms with Gasteiger partial charge in [-0.1, -0.05) is 60.3 Å². The monoisotopic (exact) mass is 368 g/mol. The van der Waals surface area contributed by atoms with E-state index in [0.29, 0.717) is 0 Å². The molecular weight excluding hydrogens is 327 g/mol. The second kappa shape index (κ2) is 20.2. The number of hydrogen-bond donors (Lipinski definition) is 1. The van der Waals surface area contributed by atoms with E-state index in [1.165, 1.54) is 51.4 Å². The van der Waals surface area contributed by atoms with Crippen molar-refractivity contribution in [1.29, 1.82) is 0 Å². The van der Waals surface area contributed by atoms with E-state index >= 15 is 0 Å². The highest BCUT2D eigenvalue weighted by molar-refractivity contribution is 7.75. The van der Waals surface area contributed by atoms with Gasteiger partial charge in [-0.15, -0.1) is 0 Å². The first-order valence-electron chi connectivity index (χ1n) is 9.58. The van der Waals surface area contributed by atoms with E-state index in [0.717, 1.165) is 0 Å². The molecule has 0 aromatic rings. The van der Waals surface area contributed by atoms with Crippen LogP contribution >= 0.6 is 7.26 Å². The smallest absolute Gasteiger partial charge is 0.303 e. The summed E-state index contributed by atoms with van der Waals surface area (Å²) < 4.78 is 0. The Bertz CT molecular complexity index is 210. The molecule has 0 saturated heterocycles. The van der Waals surface area contributed by atoms with E-state index in [2.05, 4.69) is 27.7 Å². The summed E-state index contributed by atoms with van der Waals surface area (Å²) in [5, 5.41) is 7.72. The second-order valence-corrected chi connectivity index (χ2v) is 10.9. The van der Waals surface area contributed by atoms with E-state index < -0.39 is 13.2 Å². The molecule has 0 heterocycles. The molecular formula is C19H42ClO2P. The fourth-order valence-corrected chi connectivity index (χ4v) is 7.93. The van der Waals surface area contributed by atoms with Crippen LogP contribution in [0.2, 0.25) is 0 Å². The highest BCUT2D eigenvalue weighted by atomic mass is 35.5. The Hall–Kier alpha value is 0.190. The van der Waals surface area contributed by atoms with Gasteiger partial charge >= 0.3 is 5.97 Å². The molecule has 1 N–H and O–H groups in total. The van der Waals surface area contributed by atoms with Gasteiger partial charge in [0.2, 0.25) is 0 Å². The van der Waals surface area contributed by atoms with Crippen LogP contribution in [-0.4, -0.2) is 35.7 Å². The van der Waals surface area contributed by atoms with Crippen molar-refractivity contribution < 1.29 is 22.3 Å². The zero-order valence-electron chi connectivity index (χ0n) is 16.4. The molecule has 0 saturated carbocycles. The molecule has 2 nitrogen and oxygen atoms in total. The number of carbonyl (C=O) groups is 1. The van der Waals surface area contributed by atoms with E-state index in [1.54, 1.807) is 31.6 Å². The van der Waals surface area contributed by atoms with Crippen molar-refractivity contribution in [3.63, 3.8) is 0 Å². The van der Waals surface area contributed by atoms with E-state index in [9.17, 15) is 4.79 Å². The molecule has 0 unspecified atom stereocenters. The van der Waals surface area contributed by atoms with E-state index in [1.807, 2.05) is 0 Å². The Labute approximate surface area is 153 Å². The third-order valence-electron chi connectivity index (χ3n) is 4.25. The van der Waals surface area contributed by atoms with Crippen LogP contribution in [0.5, 0.6) is 0 Å². The molecule has 142 valence electrons. The van der Waals surface area contributed by atoms with Gasteiger partial charge in [0.05, 0.1) is 24.6 Å². The third-order valence-corrected chi connectivity index (χ3v) is 9.31. The summed E-state index contributed by atoms with van der Waals surface area (Å²) in [5.41, 5.74) is 0. The Morgan fingerprint density at radius 3 is 1.04 bits per heavy atom. The Morgan fingerprint density at radius 2 is 0.913 bits per heavy atom. The molecule has 0 bridgehead atoms. The topological polar surface area (TPSA) is 37.3 Å². The van der Waals surface area contributed by atoms with Gasteiger partial charge in [-0.05, 0) is 25.7 Å². The number of hydrogen-bond acceptors (Lipinski definition) is 1. The van der Waals surface area contributed by atoms with Crippen molar-refractivity contribution >= 4 is 13.2 Å². The van der Waals surface area contributed by atoms with Crippen molar-refractivity contribution in [3.05, 3.63) is 0 Å². The molecule has 0 aromatic heterocycles. The minimum atomic E-state index is -0.745. The Morgan fingerprint density at radius 1 is 0.696 bits per heavy atom. The highest BCUT2D eigenvalue weighted by Gasteiger charge is 2.34. The Balaban J connectivity index is -0.000000578. The largest absolute Gasteiger partial charge is 1.00 e. The fourth-order valence-electron chi connectivity index (χ4n) is 2.64. The van der Waals surface area contributed by atoms with Crippen molar-refractivity contribution in [3.8, 4) is 0 Å². The lowest BCUT2D eigenvalue weighted by Gasteiger charge is -2.28. The zero-order valence-corrected chi connectivity index (χ0v) is 18.0. The van der Waals surface area contributed by atoms with Crippen LogP contribution in [-0.2, 0) is 4.79 Å². The number of aliphatic carboxylic acids is 1. The van der Waals surface area contributed by atoms with Gasteiger partial charge in [-0.25, -0.2) is 0 Å². The number of rotatable bonds is 13. The molecule has 0 atom stereocenters. The molecule has 0 spiro atoms. The summed E-state index contributed by atoms with van der Waals surface area (Å²) >= 11 is 0. The number of carboxylic acids is 1. The summed E-state index contributed by atoms with van der Waals surface area (Å²) in [6.07, 6.45) is 18.2. The SMILES string of the molecule is CCC(=O)O.CCCC[P+](CCCC)(CCCC)CCCC.[Cl-]. The number of halogens is 1. The van der Waals surface area contributed by atoms with Gasteiger partial charge < -0.3 is 17.5 Å². The van der Waals surface area contributed by atoms with Crippen LogP contribution in [0, 0.1) is 0 Å². The van der Waals surface area contributed by atoms with Gasteiger partial charge in [0.1, 0.15) is 0 Å². The Kier molecular flexibility index (Phi) is 24.6. The number of unbranched alkanes of at least 4 members (excludes halogenated alkanes) is 4. The molecule has 0 aliphatic heterocycles. The third kappa shape index (κ3) is 18.4. The maximum atomic E-state index is 9.37. The molecule has 0 radical (unpaired) electrons. The zero-order chi connectivity index (χ0) is 17.3.